The number of hydrogen-bond acceptors (Lipinski definition) is 7. The Morgan fingerprint density at radius 1 is 1.33 bits per heavy atom. The van der Waals surface area contributed by atoms with Crippen molar-refractivity contribution in [3.63, 3.8) is 0 Å². The molecule has 1 aromatic heterocycles. The van der Waals surface area contributed by atoms with E-state index in [1.54, 1.807) is 0 Å². The number of sulfonamides is 1. The zero-order valence-corrected chi connectivity index (χ0v) is 15.2. The molecule has 0 fully saturated rings. The van der Waals surface area contributed by atoms with E-state index in [1.165, 1.54) is 23.5 Å². The van der Waals surface area contributed by atoms with E-state index in [2.05, 4.69) is 25.8 Å². The first-order valence-corrected chi connectivity index (χ1v) is 9.45. The molecule has 0 atom stereocenters. The summed E-state index contributed by atoms with van der Waals surface area (Å²) in [5.41, 5.74) is 6.36. The summed E-state index contributed by atoms with van der Waals surface area (Å²) in [5.74, 6) is -0.654. The third-order valence-electron chi connectivity index (χ3n) is 3.12. The summed E-state index contributed by atoms with van der Waals surface area (Å²) in [6.07, 6.45) is 0. The first-order chi connectivity index (χ1) is 11.0. The number of rotatable bonds is 4. The first kappa shape index (κ1) is 18.4. The number of anilines is 1. The lowest BCUT2D eigenvalue weighted by atomic mass is 9.98. The van der Waals surface area contributed by atoms with Gasteiger partial charge in [-0.2, -0.15) is 0 Å². The molecule has 4 N–H and O–H groups in total. The highest BCUT2D eigenvalue weighted by Crippen LogP contribution is 2.26. The number of carbonyl (C=O) groups excluding carboxylic acids is 1. The van der Waals surface area contributed by atoms with Crippen molar-refractivity contribution >= 4 is 33.0 Å². The number of ether oxygens (including phenoxy) is 1. The summed E-state index contributed by atoms with van der Waals surface area (Å²) in [5, 5.41) is 7.80. The molecule has 0 unspecified atom stereocenters. The standard InChI is InChI=1S/C15H19N3O4S2/c1-15(2,3)14-18-9(8-23-14)7-22-13(19)11-5-4-10(6-12(11)16)24(17,20)21/h4-6,8H,7,16H2,1-3H3,(H2,17,20,21). The van der Waals surface area contributed by atoms with Crippen LogP contribution in [0.4, 0.5) is 5.69 Å². The Kier molecular flexibility index (Phi) is 4.97. The van der Waals surface area contributed by atoms with Crippen molar-refractivity contribution in [3.05, 3.63) is 39.8 Å². The first-order valence-electron chi connectivity index (χ1n) is 7.03. The zero-order valence-electron chi connectivity index (χ0n) is 13.6. The fourth-order valence-corrected chi connectivity index (χ4v) is 3.28. The van der Waals surface area contributed by atoms with Gasteiger partial charge < -0.3 is 10.5 Å². The van der Waals surface area contributed by atoms with Crippen LogP contribution in [0.1, 0.15) is 41.8 Å². The van der Waals surface area contributed by atoms with Crippen molar-refractivity contribution in [2.75, 3.05) is 5.73 Å². The molecule has 2 rings (SSSR count). The molecule has 0 aliphatic carbocycles. The Morgan fingerprint density at radius 3 is 2.50 bits per heavy atom. The minimum Gasteiger partial charge on any atom is -0.455 e. The van der Waals surface area contributed by atoms with E-state index < -0.39 is 16.0 Å². The van der Waals surface area contributed by atoms with Crippen LogP contribution in [0.15, 0.2) is 28.5 Å². The van der Waals surface area contributed by atoms with Crippen LogP contribution in [0.3, 0.4) is 0 Å². The number of primary sulfonamides is 1. The maximum Gasteiger partial charge on any atom is 0.340 e. The van der Waals surface area contributed by atoms with Crippen LogP contribution >= 0.6 is 11.3 Å². The molecule has 0 saturated heterocycles. The van der Waals surface area contributed by atoms with Gasteiger partial charge in [0.2, 0.25) is 10.0 Å². The lowest BCUT2D eigenvalue weighted by Crippen LogP contribution is -2.14. The molecular weight excluding hydrogens is 350 g/mol. The van der Waals surface area contributed by atoms with E-state index in [0.29, 0.717) is 5.69 Å². The lowest BCUT2D eigenvalue weighted by molar-refractivity contribution is 0.0469. The summed E-state index contributed by atoms with van der Waals surface area (Å²) >= 11 is 1.50. The van der Waals surface area contributed by atoms with Gasteiger partial charge in [-0.1, -0.05) is 20.8 Å². The van der Waals surface area contributed by atoms with Gasteiger partial charge in [0.25, 0.3) is 0 Å². The number of benzene rings is 1. The molecule has 1 heterocycles. The summed E-state index contributed by atoms with van der Waals surface area (Å²) in [6, 6.07) is 3.62. The van der Waals surface area contributed by atoms with Gasteiger partial charge in [0.15, 0.2) is 0 Å². The van der Waals surface area contributed by atoms with Gasteiger partial charge in [-0.25, -0.2) is 23.3 Å². The second-order valence-electron chi connectivity index (χ2n) is 6.26. The second kappa shape index (κ2) is 6.50. The third-order valence-corrected chi connectivity index (χ3v) is 5.34. The van der Waals surface area contributed by atoms with Crippen LogP contribution in [-0.4, -0.2) is 19.4 Å². The van der Waals surface area contributed by atoms with Gasteiger partial charge in [-0.3, -0.25) is 0 Å². The summed E-state index contributed by atoms with van der Waals surface area (Å²) in [6.45, 7) is 6.17. The Morgan fingerprint density at radius 2 is 2.00 bits per heavy atom. The highest BCUT2D eigenvalue weighted by atomic mass is 32.2. The monoisotopic (exact) mass is 369 g/mol. The second-order valence-corrected chi connectivity index (χ2v) is 8.68. The number of thiazole rings is 1. The van der Waals surface area contributed by atoms with Crippen LogP contribution < -0.4 is 10.9 Å². The van der Waals surface area contributed by atoms with Crippen LogP contribution in [0, 0.1) is 0 Å². The predicted octanol–water partition coefficient (Wildman–Crippen LogP) is 2.03. The van der Waals surface area contributed by atoms with Crippen molar-refractivity contribution in [2.45, 2.75) is 37.7 Å². The van der Waals surface area contributed by atoms with E-state index in [1.807, 2.05) is 5.38 Å². The number of nitrogen functional groups attached to an aromatic ring is 1. The molecular formula is C15H19N3O4S2. The van der Waals surface area contributed by atoms with Crippen molar-refractivity contribution in [3.8, 4) is 0 Å². The maximum atomic E-state index is 12.1. The van der Waals surface area contributed by atoms with Crippen LogP contribution in [0.25, 0.3) is 0 Å². The highest BCUT2D eigenvalue weighted by Gasteiger charge is 2.19. The molecule has 2 aromatic rings. The molecule has 130 valence electrons. The number of carbonyl (C=O) groups is 1. The van der Waals surface area contributed by atoms with E-state index in [4.69, 9.17) is 15.6 Å². The fourth-order valence-electron chi connectivity index (χ4n) is 1.84. The average Bonchev–Trinajstić information content (AvgIpc) is 2.92. The molecule has 24 heavy (non-hydrogen) atoms. The molecule has 0 bridgehead atoms. The van der Waals surface area contributed by atoms with Crippen LogP contribution in [-0.2, 0) is 26.8 Å². The third kappa shape index (κ3) is 4.31. The quantitative estimate of drug-likeness (QED) is 0.627. The van der Waals surface area contributed by atoms with Crippen molar-refractivity contribution in [1.82, 2.24) is 4.98 Å². The van der Waals surface area contributed by atoms with Crippen LogP contribution in [0.5, 0.6) is 0 Å². The number of hydrogen-bond donors (Lipinski definition) is 2. The number of nitrogens with zero attached hydrogens (tertiary/aromatic N) is 1. The largest absolute Gasteiger partial charge is 0.455 e. The van der Waals surface area contributed by atoms with Gasteiger partial charge >= 0.3 is 5.97 Å². The van der Waals surface area contributed by atoms with E-state index in [0.717, 1.165) is 11.1 Å². The summed E-state index contributed by atoms with van der Waals surface area (Å²) in [7, 11) is -3.88. The summed E-state index contributed by atoms with van der Waals surface area (Å²) in [4.78, 5) is 16.4. The Labute approximate surface area is 144 Å². The molecule has 7 nitrogen and oxygen atoms in total. The minimum absolute atomic E-state index is 0.0137. The van der Waals surface area contributed by atoms with Gasteiger partial charge in [-0.15, -0.1) is 11.3 Å². The van der Waals surface area contributed by atoms with E-state index in [9.17, 15) is 13.2 Å². The molecule has 0 amide bonds. The Balaban J connectivity index is 2.09. The number of aromatic nitrogens is 1. The number of esters is 1. The summed E-state index contributed by atoms with van der Waals surface area (Å²) < 4.78 is 27.7. The van der Waals surface area contributed by atoms with Gasteiger partial charge in [-0.05, 0) is 18.2 Å². The normalized spacial score (nSPS) is 12.2. The van der Waals surface area contributed by atoms with E-state index in [-0.39, 0.29) is 28.2 Å². The Bertz CT molecular complexity index is 867. The lowest BCUT2D eigenvalue weighted by Gasteiger charge is -2.13. The average molecular weight is 369 g/mol. The SMILES string of the molecule is CC(C)(C)c1nc(COC(=O)c2ccc(S(N)(=O)=O)cc2N)cs1. The van der Waals surface area contributed by atoms with Gasteiger partial charge in [0, 0.05) is 16.5 Å². The van der Waals surface area contributed by atoms with Crippen molar-refractivity contribution in [1.29, 1.82) is 0 Å². The topological polar surface area (TPSA) is 125 Å². The molecule has 0 spiro atoms. The smallest absolute Gasteiger partial charge is 0.340 e. The van der Waals surface area contributed by atoms with Crippen molar-refractivity contribution in [2.24, 2.45) is 5.14 Å². The number of nitrogens with two attached hydrogens (primary N) is 2. The predicted molar refractivity (Wildman–Crippen MR) is 92.2 cm³/mol. The molecule has 1 aromatic carbocycles. The Hall–Kier alpha value is -1.97. The molecule has 9 heteroatoms. The van der Waals surface area contributed by atoms with Crippen LogP contribution in [0.2, 0.25) is 0 Å². The molecule has 0 aliphatic rings. The van der Waals surface area contributed by atoms with Gasteiger partial charge in [0.1, 0.15) is 6.61 Å². The highest BCUT2D eigenvalue weighted by molar-refractivity contribution is 7.89. The molecule has 0 aliphatic heterocycles. The van der Waals surface area contributed by atoms with Gasteiger partial charge in [0.05, 0.1) is 21.2 Å². The fraction of sp³-hybridized carbons (Fsp3) is 0.333. The van der Waals surface area contributed by atoms with E-state index >= 15 is 0 Å². The molecule has 0 radical (unpaired) electrons. The maximum absolute atomic E-state index is 12.1. The zero-order chi connectivity index (χ0) is 18.1. The molecule has 0 saturated carbocycles. The minimum atomic E-state index is -3.88. The van der Waals surface area contributed by atoms with Crippen molar-refractivity contribution < 1.29 is 17.9 Å².